The first-order valence-corrected chi connectivity index (χ1v) is 10.4. The van der Waals surface area contributed by atoms with Gasteiger partial charge in [0.25, 0.3) is 0 Å². The topological polar surface area (TPSA) is 32.7 Å². The van der Waals surface area contributed by atoms with Gasteiger partial charge in [-0.1, -0.05) is 53.7 Å². The molecule has 4 heteroatoms. The molecule has 2 aromatic carbocycles. The lowest BCUT2D eigenvalue weighted by Gasteiger charge is -2.37. The van der Waals surface area contributed by atoms with Gasteiger partial charge in [-0.15, -0.1) is 0 Å². The Morgan fingerprint density at radius 3 is 1.93 bits per heavy atom. The van der Waals surface area contributed by atoms with E-state index in [0.717, 1.165) is 35.3 Å². The van der Waals surface area contributed by atoms with E-state index in [2.05, 4.69) is 58.6 Å². The number of halogens is 1. The number of ether oxygens (including phenoxy) is 1. The fourth-order valence-electron chi connectivity index (χ4n) is 4.08. The minimum atomic E-state index is -0.230. The summed E-state index contributed by atoms with van der Waals surface area (Å²) >= 11 is 0. The maximum Gasteiger partial charge on any atom is 0.123 e. The lowest BCUT2D eigenvalue weighted by molar-refractivity contribution is 0.0238. The van der Waals surface area contributed by atoms with Crippen LogP contribution in [0.25, 0.3) is 0 Å². The number of morpholine rings is 1. The fraction of sp³-hybridized carbons (Fsp3) is 0.520. The average Bonchev–Trinajstić information content (AvgIpc) is 2.62. The van der Waals surface area contributed by atoms with Gasteiger partial charge in [0.2, 0.25) is 0 Å². The van der Waals surface area contributed by atoms with Crippen molar-refractivity contribution in [3.63, 3.8) is 0 Å². The Morgan fingerprint density at radius 2 is 1.45 bits per heavy atom. The van der Waals surface area contributed by atoms with Gasteiger partial charge >= 0.3 is 0 Å². The summed E-state index contributed by atoms with van der Waals surface area (Å²) in [6.07, 6.45) is 0. The number of hydrogen-bond donors (Lipinski definition) is 1. The number of aromatic hydroxyl groups is 1. The van der Waals surface area contributed by atoms with Gasteiger partial charge in [-0.05, 0) is 57.3 Å². The van der Waals surface area contributed by atoms with Crippen molar-refractivity contribution in [1.82, 2.24) is 4.90 Å². The molecule has 0 saturated carbocycles. The van der Waals surface area contributed by atoms with E-state index < -0.39 is 0 Å². The summed E-state index contributed by atoms with van der Waals surface area (Å²) in [7, 11) is 0. The van der Waals surface area contributed by atoms with Crippen LogP contribution in [-0.4, -0.2) is 36.3 Å². The average molecular weight is 400 g/mol. The number of nitrogens with zero attached hydrogens (tertiary/aromatic N) is 1. The monoisotopic (exact) mass is 399 g/mol. The molecule has 0 spiro atoms. The van der Waals surface area contributed by atoms with Crippen molar-refractivity contribution in [2.45, 2.75) is 58.4 Å². The van der Waals surface area contributed by atoms with Crippen LogP contribution >= 0.6 is 0 Å². The third-order valence-electron chi connectivity index (χ3n) is 5.64. The predicted octanol–water partition coefficient (Wildman–Crippen LogP) is 5.55. The standard InChI is InChI=1S/C25H34FNO2/c1-24(2,3)20-15-18(16-21(23(20)28)25(4,5)6)22(27-10-12-29-13-11-27)17-8-7-9-19(26)14-17/h7-9,14-16,22,28H,10-13H2,1-6H3. The molecule has 0 amide bonds. The quantitative estimate of drug-likeness (QED) is 0.735. The first kappa shape index (κ1) is 21.8. The summed E-state index contributed by atoms with van der Waals surface area (Å²) in [4.78, 5) is 2.35. The van der Waals surface area contributed by atoms with Gasteiger partial charge < -0.3 is 9.84 Å². The molecule has 2 aromatic rings. The SMILES string of the molecule is CC(C)(C)c1cc(C(c2cccc(F)c2)N2CCOCC2)cc(C(C)(C)C)c1O. The van der Waals surface area contributed by atoms with Crippen molar-refractivity contribution >= 4 is 0 Å². The number of benzene rings is 2. The second-order valence-corrected chi connectivity index (χ2v) is 10.1. The highest BCUT2D eigenvalue weighted by Gasteiger charge is 2.31. The molecule has 0 aliphatic carbocycles. The van der Waals surface area contributed by atoms with E-state index in [4.69, 9.17) is 4.74 Å². The van der Waals surface area contributed by atoms with Crippen molar-refractivity contribution < 1.29 is 14.2 Å². The van der Waals surface area contributed by atoms with Gasteiger partial charge in [0, 0.05) is 13.1 Å². The normalized spacial score (nSPS) is 17.3. The molecule has 1 atom stereocenters. The molecule has 29 heavy (non-hydrogen) atoms. The molecular formula is C25H34FNO2. The van der Waals surface area contributed by atoms with Crippen LogP contribution in [0.5, 0.6) is 5.75 Å². The Balaban J connectivity index is 2.24. The Bertz CT molecular complexity index is 823. The van der Waals surface area contributed by atoms with Crippen molar-refractivity contribution in [2.24, 2.45) is 0 Å². The van der Waals surface area contributed by atoms with Crippen LogP contribution in [0.15, 0.2) is 36.4 Å². The van der Waals surface area contributed by atoms with Gasteiger partial charge in [0.1, 0.15) is 11.6 Å². The molecule has 1 aliphatic heterocycles. The van der Waals surface area contributed by atoms with E-state index in [1.807, 2.05) is 6.07 Å². The highest BCUT2D eigenvalue weighted by Crippen LogP contribution is 2.42. The van der Waals surface area contributed by atoms with Gasteiger partial charge in [-0.2, -0.15) is 0 Å². The van der Waals surface area contributed by atoms with E-state index >= 15 is 0 Å². The third kappa shape index (κ3) is 4.81. The molecule has 3 nitrogen and oxygen atoms in total. The molecule has 0 bridgehead atoms. The summed E-state index contributed by atoms with van der Waals surface area (Å²) in [5.74, 6) is 0.139. The zero-order valence-electron chi connectivity index (χ0n) is 18.6. The zero-order valence-corrected chi connectivity index (χ0v) is 18.6. The molecule has 1 aliphatic rings. The summed E-state index contributed by atoms with van der Waals surface area (Å²) in [6.45, 7) is 15.6. The van der Waals surface area contributed by atoms with Gasteiger partial charge in [-0.25, -0.2) is 4.39 Å². The maximum absolute atomic E-state index is 14.1. The number of hydrogen-bond acceptors (Lipinski definition) is 3. The molecule has 1 unspecified atom stereocenters. The summed E-state index contributed by atoms with van der Waals surface area (Å²) in [6, 6.07) is 11.0. The lowest BCUT2D eigenvalue weighted by Crippen LogP contribution is -2.39. The van der Waals surface area contributed by atoms with Crippen molar-refractivity contribution in [3.8, 4) is 5.75 Å². The predicted molar refractivity (Wildman–Crippen MR) is 116 cm³/mol. The Labute approximate surface area is 174 Å². The van der Waals surface area contributed by atoms with Crippen molar-refractivity contribution in [2.75, 3.05) is 26.3 Å². The lowest BCUT2D eigenvalue weighted by atomic mass is 9.77. The Hall–Kier alpha value is -1.91. The fourth-order valence-corrected chi connectivity index (χ4v) is 4.08. The summed E-state index contributed by atoms with van der Waals surface area (Å²) in [5.41, 5.74) is 3.45. The van der Waals surface area contributed by atoms with Crippen LogP contribution in [0.1, 0.15) is 69.8 Å². The van der Waals surface area contributed by atoms with E-state index in [-0.39, 0.29) is 22.7 Å². The number of phenols is 1. The molecule has 1 fully saturated rings. The minimum absolute atomic E-state index is 0.0857. The molecule has 158 valence electrons. The van der Waals surface area contributed by atoms with E-state index in [1.54, 1.807) is 12.1 Å². The molecule has 3 rings (SSSR count). The molecule has 0 radical (unpaired) electrons. The van der Waals surface area contributed by atoms with E-state index in [9.17, 15) is 9.50 Å². The van der Waals surface area contributed by atoms with Crippen LogP contribution in [0, 0.1) is 5.82 Å². The largest absolute Gasteiger partial charge is 0.507 e. The third-order valence-corrected chi connectivity index (χ3v) is 5.64. The number of phenolic OH excluding ortho intramolecular Hbond substituents is 1. The van der Waals surface area contributed by atoms with Crippen LogP contribution < -0.4 is 0 Å². The van der Waals surface area contributed by atoms with Crippen molar-refractivity contribution in [3.05, 3.63) is 64.5 Å². The van der Waals surface area contributed by atoms with Gasteiger partial charge in [0.15, 0.2) is 0 Å². The molecule has 1 saturated heterocycles. The molecule has 1 heterocycles. The first-order chi connectivity index (χ1) is 13.5. The highest BCUT2D eigenvalue weighted by molar-refractivity contribution is 5.52. The van der Waals surface area contributed by atoms with Crippen LogP contribution in [0.4, 0.5) is 4.39 Å². The highest BCUT2D eigenvalue weighted by atomic mass is 19.1. The van der Waals surface area contributed by atoms with Crippen LogP contribution in [0.3, 0.4) is 0 Å². The Kier molecular flexibility index (Phi) is 6.07. The zero-order chi connectivity index (χ0) is 21.4. The van der Waals surface area contributed by atoms with Gasteiger partial charge in [0.05, 0.1) is 19.3 Å². The summed E-state index contributed by atoms with van der Waals surface area (Å²) in [5, 5.41) is 11.1. The van der Waals surface area contributed by atoms with Crippen LogP contribution in [-0.2, 0) is 15.6 Å². The smallest absolute Gasteiger partial charge is 0.123 e. The molecule has 1 N–H and O–H groups in total. The maximum atomic E-state index is 14.1. The Morgan fingerprint density at radius 1 is 0.897 bits per heavy atom. The van der Waals surface area contributed by atoms with Crippen LogP contribution in [0.2, 0.25) is 0 Å². The minimum Gasteiger partial charge on any atom is -0.507 e. The van der Waals surface area contributed by atoms with E-state index in [1.165, 1.54) is 6.07 Å². The van der Waals surface area contributed by atoms with Gasteiger partial charge in [-0.3, -0.25) is 4.90 Å². The second kappa shape index (κ2) is 8.08. The second-order valence-electron chi connectivity index (χ2n) is 10.1. The molecule has 0 aromatic heterocycles. The summed E-state index contributed by atoms with van der Waals surface area (Å²) < 4.78 is 19.7. The molecular weight excluding hydrogens is 365 g/mol. The number of rotatable bonds is 3. The van der Waals surface area contributed by atoms with E-state index in [0.29, 0.717) is 19.0 Å². The van der Waals surface area contributed by atoms with Crippen molar-refractivity contribution in [1.29, 1.82) is 0 Å². The first-order valence-electron chi connectivity index (χ1n) is 10.4.